The van der Waals surface area contributed by atoms with Crippen LogP contribution in [0.1, 0.15) is 20.8 Å². The van der Waals surface area contributed by atoms with Crippen molar-refractivity contribution in [3.05, 3.63) is 40.3 Å². The Morgan fingerprint density at radius 2 is 2.15 bits per heavy atom. The Labute approximate surface area is 125 Å². The molecule has 0 saturated carbocycles. The maximum atomic E-state index is 12.1. The summed E-state index contributed by atoms with van der Waals surface area (Å²) < 4.78 is 9.24. The number of nitriles is 1. The number of carbonyl (C=O) groups is 1. The highest BCUT2D eigenvalue weighted by Gasteiger charge is 2.13. The summed E-state index contributed by atoms with van der Waals surface area (Å²) in [4.78, 5) is 12.9. The quantitative estimate of drug-likeness (QED) is 0.626. The predicted octanol–water partition coefficient (Wildman–Crippen LogP) is 3.31. The van der Waals surface area contributed by atoms with Crippen LogP contribution in [0.25, 0.3) is 0 Å². The predicted molar refractivity (Wildman–Crippen MR) is 79.6 cm³/mol. The highest BCUT2D eigenvalue weighted by Crippen LogP contribution is 2.27. The summed E-state index contributed by atoms with van der Waals surface area (Å²) in [6, 6.07) is 9.10. The van der Waals surface area contributed by atoms with Gasteiger partial charge in [-0.25, -0.2) is 0 Å². The van der Waals surface area contributed by atoms with Crippen LogP contribution in [-0.4, -0.2) is 23.0 Å². The minimum atomic E-state index is 0.00666. The largest absolute Gasteiger partial charge is 0.497 e. The smallest absolute Gasteiger partial charge is 0.173 e. The molecule has 0 amide bonds. The Kier molecular flexibility index (Phi) is 4.77. The average molecular weight is 304 g/mol. The molecule has 0 unspecified atom stereocenters. The molecule has 0 bridgehead atoms. The molecule has 0 N–H and O–H groups in total. The standard InChI is InChI=1S/C14H12N2O2S2/c1-9-12(7-15)14(16-20-9)19-8-13(17)10-3-5-11(18-2)6-4-10/h3-6H,8H2,1-2H3. The monoisotopic (exact) mass is 304 g/mol. The molecule has 102 valence electrons. The number of methoxy groups -OCH3 is 1. The number of rotatable bonds is 5. The van der Waals surface area contributed by atoms with Crippen molar-refractivity contribution in [3.63, 3.8) is 0 Å². The van der Waals surface area contributed by atoms with E-state index in [9.17, 15) is 4.79 Å². The molecule has 0 saturated heterocycles. The van der Waals surface area contributed by atoms with Crippen molar-refractivity contribution >= 4 is 29.1 Å². The number of aryl methyl sites for hydroxylation is 1. The van der Waals surface area contributed by atoms with Crippen LogP contribution < -0.4 is 4.74 Å². The number of benzene rings is 1. The van der Waals surface area contributed by atoms with E-state index in [1.165, 1.54) is 23.3 Å². The lowest BCUT2D eigenvalue weighted by atomic mass is 10.1. The number of carbonyl (C=O) groups excluding carboxylic acids is 1. The fourth-order valence-corrected chi connectivity index (χ4v) is 3.28. The van der Waals surface area contributed by atoms with Gasteiger partial charge in [0.05, 0.1) is 18.4 Å². The van der Waals surface area contributed by atoms with E-state index in [0.717, 1.165) is 10.6 Å². The number of nitrogens with zero attached hydrogens (tertiary/aromatic N) is 2. The van der Waals surface area contributed by atoms with Crippen LogP contribution >= 0.6 is 23.3 Å². The van der Waals surface area contributed by atoms with E-state index in [4.69, 9.17) is 10.00 Å². The highest BCUT2D eigenvalue weighted by atomic mass is 32.2. The van der Waals surface area contributed by atoms with Gasteiger partial charge in [0, 0.05) is 10.4 Å². The molecule has 2 aromatic rings. The van der Waals surface area contributed by atoms with Gasteiger partial charge in [-0.05, 0) is 42.7 Å². The Morgan fingerprint density at radius 1 is 1.45 bits per heavy atom. The van der Waals surface area contributed by atoms with Crippen LogP contribution in [0.4, 0.5) is 0 Å². The second kappa shape index (κ2) is 6.55. The molecule has 20 heavy (non-hydrogen) atoms. The molecule has 1 heterocycles. The molecule has 6 heteroatoms. The fourth-order valence-electron chi connectivity index (χ4n) is 1.57. The SMILES string of the molecule is COc1ccc(C(=O)CSc2nsc(C)c2C#N)cc1. The van der Waals surface area contributed by atoms with Gasteiger partial charge >= 0.3 is 0 Å². The molecule has 0 aliphatic rings. The number of hydrogen-bond donors (Lipinski definition) is 0. The number of thioether (sulfide) groups is 1. The Hall–Kier alpha value is -1.84. The van der Waals surface area contributed by atoms with Gasteiger partial charge in [0.1, 0.15) is 16.8 Å². The zero-order chi connectivity index (χ0) is 14.5. The van der Waals surface area contributed by atoms with Crippen LogP contribution in [0.3, 0.4) is 0 Å². The summed E-state index contributed by atoms with van der Waals surface area (Å²) in [5.41, 5.74) is 1.20. The number of Topliss-reactive ketones (excluding diaryl/α,β-unsaturated/α-hetero) is 1. The first kappa shape index (κ1) is 14.6. The number of hydrogen-bond acceptors (Lipinski definition) is 6. The fraction of sp³-hybridized carbons (Fsp3) is 0.214. The minimum absolute atomic E-state index is 0.00666. The first-order valence-corrected chi connectivity index (χ1v) is 7.58. The molecule has 1 aromatic carbocycles. The van der Waals surface area contributed by atoms with Gasteiger partial charge in [0.25, 0.3) is 0 Å². The summed E-state index contributed by atoms with van der Waals surface area (Å²) in [7, 11) is 1.58. The van der Waals surface area contributed by atoms with E-state index >= 15 is 0 Å². The van der Waals surface area contributed by atoms with E-state index in [1.807, 2.05) is 6.92 Å². The third-order valence-corrected chi connectivity index (χ3v) is 4.54. The highest BCUT2D eigenvalue weighted by molar-refractivity contribution is 8.00. The summed E-state index contributed by atoms with van der Waals surface area (Å²) in [5, 5.41) is 9.67. The van der Waals surface area contributed by atoms with Crippen LogP contribution in [0.15, 0.2) is 29.3 Å². The molecule has 0 spiro atoms. The van der Waals surface area contributed by atoms with E-state index in [2.05, 4.69) is 10.4 Å². The molecule has 0 atom stereocenters. The summed E-state index contributed by atoms with van der Waals surface area (Å²) in [6.07, 6.45) is 0. The zero-order valence-electron chi connectivity index (χ0n) is 11.0. The van der Waals surface area contributed by atoms with Gasteiger partial charge in [0.15, 0.2) is 5.78 Å². The topological polar surface area (TPSA) is 63.0 Å². The van der Waals surface area contributed by atoms with E-state index in [0.29, 0.717) is 16.2 Å². The van der Waals surface area contributed by atoms with Gasteiger partial charge < -0.3 is 4.74 Å². The summed E-state index contributed by atoms with van der Waals surface area (Å²) >= 11 is 2.59. The van der Waals surface area contributed by atoms with Crippen molar-refractivity contribution in [1.29, 1.82) is 5.26 Å². The molecule has 4 nitrogen and oxygen atoms in total. The maximum Gasteiger partial charge on any atom is 0.173 e. The second-order valence-electron chi connectivity index (χ2n) is 3.97. The van der Waals surface area contributed by atoms with Crippen LogP contribution in [-0.2, 0) is 0 Å². The molecule has 0 fully saturated rings. The van der Waals surface area contributed by atoms with Gasteiger partial charge in [-0.1, -0.05) is 11.8 Å². The van der Waals surface area contributed by atoms with Crippen LogP contribution in [0, 0.1) is 18.3 Å². The Balaban J connectivity index is 2.03. The summed E-state index contributed by atoms with van der Waals surface area (Å²) in [5.74, 6) is 0.993. The first-order valence-electron chi connectivity index (χ1n) is 5.82. The van der Waals surface area contributed by atoms with Crippen molar-refractivity contribution in [2.75, 3.05) is 12.9 Å². The zero-order valence-corrected chi connectivity index (χ0v) is 12.7. The molecular weight excluding hydrogens is 292 g/mol. The van der Waals surface area contributed by atoms with Crippen molar-refractivity contribution in [1.82, 2.24) is 4.37 Å². The average Bonchev–Trinajstić information content (AvgIpc) is 2.85. The third-order valence-electron chi connectivity index (χ3n) is 2.70. The molecule has 0 aliphatic heterocycles. The molecule has 2 rings (SSSR count). The Bertz CT molecular complexity index is 657. The Morgan fingerprint density at radius 3 is 2.75 bits per heavy atom. The second-order valence-corrected chi connectivity index (χ2v) is 5.91. The molecule has 1 aromatic heterocycles. The lowest BCUT2D eigenvalue weighted by molar-refractivity contribution is 0.102. The lowest BCUT2D eigenvalue weighted by Crippen LogP contribution is -2.02. The third kappa shape index (κ3) is 3.18. The van der Waals surface area contributed by atoms with Crippen molar-refractivity contribution < 1.29 is 9.53 Å². The lowest BCUT2D eigenvalue weighted by Gasteiger charge is -2.02. The van der Waals surface area contributed by atoms with Crippen LogP contribution in [0.5, 0.6) is 5.75 Å². The van der Waals surface area contributed by atoms with Crippen molar-refractivity contribution in [2.45, 2.75) is 11.9 Å². The number of aromatic nitrogens is 1. The van der Waals surface area contributed by atoms with Crippen LogP contribution in [0.2, 0.25) is 0 Å². The van der Waals surface area contributed by atoms with Gasteiger partial charge in [-0.15, -0.1) is 0 Å². The van der Waals surface area contributed by atoms with Crippen molar-refractivity contribution in [3.8, 4) is 11.8 Å². The minimum Gasteiger partial charge on any atom is -0.497 e. The van der Waals surface area contributed by atoms with E-state index in [-0.39, 0.29) is 11.5 Å². The van der Waals surface area contributed by atoms with Crippen molar-refractivity contribution in [2.24, 2.45) is 0 Å². The van der Waals surface area contributed by atoms with Gasteiger partial charge in [-0.2, -0.15) is 9.64 Å². The normalized spacial score (nSPS) is 10.1. The number of ether oxygens (including phenoxy) is 1. The molecule has 0 radical (unpaired) electrons. The van der Waals surface area contributed by atoms with E-state index < -0.39 is 0 Å². The molecule has 0 aliphatic carbocycles. The maximum absolute atomic E-state index is 12.1. The summed E-state index contributed by atoms with van der Waals surface area (Å²) in [6.45, 7) is 1.85. The van der Waals surface area contributed by atoms with Gasteiger partial charge in [0.2, 0.25) is 0 Å². The van der Waals surface area contributed by atoms with E-state index in [1.54, 1.807) is 31.4 Å². The first-order chi connectivity index (χ1) is 9.65. The van der Waals surface area contributed by atoms with Gasteiger partial charge in [-0.3, -0.25) is 4.79 Å². The number of ketones is 1. The molecular formula is C14H12N2O2S2.